The summed E-state index contributed by atoms with van der Waals surface area (Å²) in [6.07, 6.45) is 4.19. The van der Waals surface area contributed by atoms with Gasteiger partial charge in [0.2, 0.25) is 0 Å². The van der Waals surface area contributed by atoms with E-state index in [-0.39, 0.29) is 11.7 Å². The standard InChI is InChI=1S/C12H25NO2/c1-4-10(14)6-8-13-9-11-5-7-12(2,3)15-11/h10-11,13-14H,4-9H2,1-3H3. The first-order valence-corrected chi connectivity index (χ1v) is 6.10. The first-order valence-electron chi connectivity index (χ1n) is 6.10. The number of rotatable bonds is 6. The van der Waals surface area contributed by atoms with Gasteiger partial charge in [-0.05, 0) is 46.1 Å². The van der Waals surface area contributed by atoms with Gasteiger partial charge in [-0.15, -0.1) is 0 Å². The normalized spacial score (nSPS) is 26.8. The predicted octanol–water partition coefficient (Wildman–Crippen LogP) is 1.69. The van der Waals surface area contributed by atoms with E-state index in [0.29, 0.717) is 6.10 Å². The van der Waals surface area contributed by atoms with Crippen LogP contribution in [0.15, 0.2) is 0 Å². The highest BCUT2D eigenvalue weighted by atomic mass is 16.5. The molecule has 0 aromatic heterocycles. The Bertz CT molecular complexity index is 182. The van der Waals surface area contributed by atoms with E-state index in [0.717, 1.165) is 38.8 Å². The van der Waals surface area contributed by atoms with Crippen molar-refractivity contribution >= 4 is 0 Å². The quantitative estimate of drug-likeness (QED) is 0.663. The van der Waals surface area contributed by atoms with Crippen LogP contribution < -0.4 is 5.32 Å². The van der Waals surface area contributed by atoms with Crippen LogP contribution in [-0.4, -0.2) is 36.0 Å². The molecule has 3 nitrogen and oxygen atoms in total. The lowest BCUT2D eigenvalue weighted by Crippen LogP contribution is -2.31. The van der Waals surface area contributed by atoms with Gasteiger partial charge in [0.05, 0.1) is 17.8 Å². The number of hydrogen-bond acceptors (Lipinski definition) is 3. The fraction of sp³-hybridized carbons (Fsp3) is 1.00. The second-order valence-electron chi connectivity index (χ2n) is 5.09. The largest absolute Gasteiger partial charge is 0.393 e. The second-order valence-corrected chi connectivity index (χ2v) is 5.09. The van der Waals surface area contributed by atoms with Crippen molar-refractivity contribution in [1.29, 1.82) is 0 Å². The minimum atomic E-state index is -0.154. The number of aliphatic hydroxyl groups excluding tert-OH is 1. The van der Waals surface area contributed by atoms with Crippen LogP contribution in [0.5, 0.6) is 0 Å². The Balaban J connectivity index is 2.02. The van der Waals surface area contributed by atoms with Crippen LogP contribution in [-0.2, 0) is 4.74 Å². The molecule has 1 aliphatic heterocycles. The van der Waals surface area contributed by atoms with Gasteiger partial charge in [0.25, 0.3) is 0 Å². The van der Waals surface area contributed by atoms with E-state index in [9.17, 15) is 5.11 Å². The molecule has 90 valence electrons. The highest BCUT2D eigenvalue weighted by molar-refractivity contribution is 4.81. The van der Waals surface area contributed by atoms with E-state index in [1.54, 1.807) is 0 Å². The van der Waals surface area contributed by atoms with Crippen LogP contribution in [0.25, 0.3) is 0 Å². The van der Waals surface area contributed by atoms with Crippen molar-refractivity contribution in [2.45, 2.75) is 64.3 Å². The summed E-state index contributed by atoms with van der Waals surface area (Å²) in [5, 5.41) is 12.7. The van der Waals surface area contributed by atoms with Crippen molar-refractivity contribution in [3.05, 3.63) is 0 Å². The molecule has 2 unspecified atom stereocenters. The van der Waals surface area contributed by atoms with Crippen LogP contribution in [0.2, 0.25) is 0 Å². The predicted molar refractivity (Wildman–Crippen MR) is 62.0 cm³/mol. The van der Waals surface area contributed by atoms with Crippen molar-refractivity contribution in [3.8, 4) is 0 Å². The zero-order valence-corrected chi connectivity index (χ0v) is 10.3. The van der Waals surface area contributed by atoms with E-state index in [4.69, 9.17) is 4.74 Å². The summed E-state index contributed by atoms with van der Waals surface area (Å²) in [7, 11) is 0. The summed E-state index contributed by atoms with van der Waals surface area (Å²) >= 11 is 0. The average molecular weight is 215 g/mol. The van der Waals surface area contributed by atoms with Gasteiger partial charge in [-0.2, -0.15) is 0 Å². The fourth-order valence-corrected chi connectivity index (χ4v) is 1.96. The molecule has 0 aromatic rings. The molecule has 1 fully saturated rings. The minimum Gasteiger partial charge on any atom is -0.393 e. The Morgan fingerprint density at radius 2 is 2.27 bits per heavy atom. The zero-order chi connectivity index (χ0) is 11.3. The smallest absolute Gasteiger partial charge is 0.0707 e. The molecule has 1 saturated heterocycles. The number of nitrogens with one attached hydrogen (secondary N) is 1. The molecule has 3 heteroatoms. The minimum absolute atomic E-state index is 0.0648. The first kappa shape index (κ1) is 12.9. The molecular weight excluding hydrogens is 190 g/mol. The molecule has 0 radical (unpaired) electrons. The van der Waals surface area contributed by atoms with Gasteiger partial charge >= 0.3 is 0 Å². The summed E-state index contributed by atoms with van der Waals surface area (Å²) in [4.78, 5) is 0. The molecule has 2 N–H and O–H groups in total. The lowest BCUT2D eigenvalue weighted by molar-refractivity contribution is -0.0144. The Kier molecular flexibility index (Phi) is 5.03. The third-order valence-electron chi connectivity index (χ3n) is 3.05. The molecule has 0 spiro atoms. The van der Waals surface area contributed by atoms with Gasteiger partial charge in [-0.1, -0.05) is 6.92 Å². The molecule has 0 saturated carbocycles. The summed E-state index contributed by atoms with van der Waals surface area (Å²) in [5.74, 6) is 0. The summed E-state index contributed by atoms with van der Waals surface area (Å²) < 4.78 is 5.86. The molecule has 0 amide bonds. The molecule has 2 atom stereocenters. The van der Waals surface area contributed by atoms with Crippen LogP contribution in [0.3, 0.4) is 0 Å². The topological polar surface area (TPSA) is 41.5 Å². The van der Waals surface area contributed by atoms with E-state index >= 15 is 0 Å². The Morgan fingerprint density at radius 3 is 2.80 bits per heavy atom. The molecule has 0 bridgehead atoms. The molecule has 1 rings (SSSR count). The zero-order valence-electron chi connectivity index (χ0n) is 10.3. The third-order valence-corrected chi connectivity index (χ3v) is 3.05. The van der Waals surface area contributed by atoms with Gasteiger partial charge in [0.15, 0.2) is 0 Å². The summed E-state index contributed by atoms with van der Waals surface area (Å²) in [6, 6.07) is 0. The van der Waals surface area contributed by atoms with Crippen molar-refractivity contribution in [2.24, 2.45) is 0 Å². The third kappa shape index (κ3) is 4.96. The van der Waals surface area contributed by atoms with Gasteiger partial charge < -0.3 is 15.2 Å². The monoisotopic (exact) mass is 215 g/mol. The number of aliphatic hydroxyl groups is 1. The van der Waals surface area contributed by atoms with E-state index in [2.05, 4.69) is 19.2 Å². The van der Waals surface area contributed by atoms with Crippen molar-refractivity contribution < 1.29 is 9.84 Å². The van der Waals surface area contributed by atoms with E-state index in [1.165, 1.54) is 0 Å². The SMILES string of the molecule is CCC(O)CCNCC1CCC(C)(C)O1. The van der Waals surface area contributed by atoms with Gasteiger partial charge in [-0.3, -0.25) is 0 Å². The Hall–Kier alpha value is -0.120. The fourth-order valence-electron chi connectivity index (χ4n) is 1.96. The highest BCUT2D eigenvalue weighted by Crippen LogP contribution is 2.28. The lowest BCUT2D eigenvalue weighted by atomic mass is 10.1. The second kappa shape index (κ2) is 5.83. The molecule has 0 aromatic carbocycles. The van der Waals surface area contributed by atoms with E-state index in [1.807, 2.05) is 6.92 Å². The molecular formula is C12H25NO2. The van der Waals surface area contributed by atoms with Crippen molar-refractivity contribution in [3.63, 3.8) is 0 Å². The van der Waals surface area contributed by atoms with Crippen LogP contribution in [0.4, 0.5) is 0 Å². The maximum atomic E-state index is 9.36. The summed E-state index contributed by atoms with van der Waals surface area (Å²) in [6.45, 7) is 8.10. The lowest BCUT2D eigenvalue weighted by Gasteiger charge is -2.19. The van der Waals surface area contributed by atoms with Crippen LogP contribution in [0.1, 0.15) is 46.5 Å². The van der Waals surface area contributed by atoms with Crippen molar-refractivity contribution in [1.82, 2.24) is 5.32 Å². The molecule has 0 aliphatic carbocycles. The van der Waals surface area contributed by atoms with Gasteiger partial charge in [0, 0.05) is 6.54 Å². The highest BCUT2D eigenvalue weighted by Gasteiger charge is 2.30. The van der Waals surface area contributed by atoms with Crippen molar-refractivity contribution in [2.75, 3.05) is 13.1 Å². The molecule has 1 aliphatic rings. The molecule has 1 heterocycles. The Morgan fingerprint density at radius 1 is 1.53 bits per heavy atom. The maximum Gasteiger partial charge on any atom is 0.0707 e. The van der Waals surface area contributed by atoms with Crippen LogP contribution in [0, 0.1) is 0 Å². The first-order chi connectivity index (χ1) is 7.03. The Labute approximate surface area is 93.2 Å². The molecule has 15 heavy (non-hydrogen) atoms. The maximum absolute atomic E-state index is 9.36. The average Bonchev–Trinajstić information content (AvgIpc) is 2.52. The summed E-state index contributed by atoms with van der Waals surface area (Å²) in [5.41, 5.74) is 0.0648. The van der Waals surface area contributed by atoms with E-state index < -0.39 is 0 Å². The number of hydrogen-bond donors (Lipinski definition) is 2. The van der Waals surface area contributed by atoms with Gasteiger partial charge in [-0.25, -0.2) is 0 Å². The van der Waals surface area contributed by atoms with Gasteiger partial charge in [0.1, 0.15) is 0 Å². The van der Waals surface area contributed by atoms with Crippen LogP contribution >= 0.6 is 0 Å². The number of ether oxygens (including phenoxy) is 1.